The number of hydrogen-bond donors (Lipinski definition) is 3. The first kappa shape index (κ1) is 13.5. The Kier molecular flexibility index (Phi) is 4.48. The van der Waals surface area contributed by atoms with Crippen molar-refractivity contribution >= 4 is 5.91 Å². The Hall–Kier alpha value is -1.59. The van der Waals surface area contributed by atoms with E-state index in [2.05, 4.69) is 5.43 Å². The van der Waals surface area contributed by atoms with Crippen molar-refractivity contribution in [3.05, 3.63) is 28.8 Å². The highest BCUT2D eigenvalue weighted by molar-refractivity contribution is 5.81. The van der Waals surface area contributed by atoms with Gasteiger partial charge < -0.3 is 10.5 Å². The van der Waals surface area contributed by atoms with E-state index in [-0.39, 0.29) is 5.91 Å². The first-order valence-electron chi connectivity index (χ1n) is 5.40. The topological polar surface area (TPSA) is 90.4 Å². The lowest BCUT2D eigenvalue weighted by molar-refractivity contribution is -0.122. The van der Waals surface area contributed by atoms with Crippen molar-refractivity contribution in [3.63, 3.8) is 0 Å². The molecule has 0 saturated carbocycles. The SMILES string of the molecule is COc1ccc(CC(N)C(=O)NN)c(C)c1C. The van der Waals surface area contributed by atoms with Crippen LogP contribution < -0.4 is 21.7 Å². The Morgan fingerprint density at radius 2 is 2.06 bits per heavy atom. The highest BCUT2D eigenvalue weighted by Crippen LogP contribution is 2.24. The zero-order valence-corrected chi connectivity index (χ0v) is 10.4. The maximum Gasteiger partial charge on any atom is 0.251 e. The van der Waals surface area contributed by atoms with Crippen molar-refractivity contribution in [3.8, 4) is 5.75 Å². The predicted molar refractivity (Wildman–Crippen MR) is 66.5 cm³/mol. The van der Waals surface area contributed by atoms with Crippen LogP contribution >= 0.6 is 0 Å². The standard InChI is InChI=1S/C12H19N3O2/c1-7-8(2)11(17-3)5-4-9(7)6-10(13)12(16)15-14/h4-5,10H,6,13-14H2,1-3H3,(H,15,16). The smallest absolute Gasteiger partial charge is 0.251 e. The molecule has 1 aromatic rings. The zero-order chi connectivity index (χ0) is 13.0. The molecular formula is C12H19N3O2. The Bertz CT molecular complexity index is 418. The number of carbonyl (C=O) groups is 1. The molecule has 0 fully saturated rings. The molecule has 0 heterocycles. The van der Waals surface area contributed by atoms with Crippen LogP contribution in [0.3, 0.4) is 0 Å². The van der Waals surface area contributed by atoms with Gasteiger partial charge >= 0.3 is 0 Å². The third-order valence-electron chi connectivity index (χ3n) is 2.99. The number of nitrogens with two attached hydrogens (primary N) is 2. The number of amides is 1. The van der Waals surface area contributed by atoms with Crippen LogP contribution in [-0.2, 0) is 11.2 Å². The molecule has 17 heavy (non-hydrogen) atoms. The number of hydrazine groups is 1. The van der Waals surface area contributed by atoms with Gasteiger partial charge in [-0.1, -0.05) is 6.07 Å². The fraction of sp³-hybridized carbons (Fsp3) is 0.417. The van der Waals surface area contributed by atoms with E-state index in [9.17, 15) is 4.79 Å². The molecule has 0 aromatic heterocycles. The van der Waals surface area contributed by atoms with Crippen molar-refractivity contribution in [2.24, 2.45) is 11.6 Å². The summed E-state index contributed by atoms with van der Waals surface area (Å²) >= 11 is 0. The molecule has 1 aromatic carbocycles. The predicted octanol–water partition coefficient (Wildman–Crippen LogP) is 0.172. The van der Waals surface area contributed by atoms with E-state index in [0.717, 1.165) is 22.4 Å². The van der Waals surface area contributed by atoms with E-state index < -0.39 is 6.04 Å². The average molecular weight is 237 g/mol. The van der Waals surface area contributed by atoms with E-state index in [0.29, 0.717) is 6.42 Å². The minimum atomic E-state index is -0.633. The fourth-order valence-corrected chi connectivity index (χ4v) is 1.73. The molecule has 0 aliphatic rings. The summed E-state index contributed by atoms with van der Waals surface area (Å²) in [6.45, 7) is 3.96. The molecule has 5 N–H and O–H groups in total. The summed E-state index contributed by atoms with van der Waals surface area (Å²) in [4.78, 5) is 11.2. The minimum Gasteiger partial charge on any atom is -0.496 e. The number of nitrogens with one attached hydrogen (secondary N) is 1. The van der Waals surface area contributed by atoms with Gasteiger partial charge in [0, 0.05) is 0 Å². The second-order valence-electron chi connectivity index (χ2n) is 4.00. The van der Waals surface area contributed by atoms with Gasteiger partial charge in [0.05, 0.1) is 13.2 Å². The molecule has 0 spiro atoms. The summed E-state index contributed by atoms with van der Waals surface area (Å²) in [6, 6.07) is 3.17. The van der Waals surface area contributed by atoms with Crippen LogP contribution in [0.2, 0.25) is 0 Å². The van der Waals surface area contributed by atoms with Crippen molar-refractivity contribution in [2.45, 2.75) is 26.3 Å². The molecule has 0 aliphatic carbocycles. The van der Waals surface area contributed by atoms with Gasteiger partial charge in [0.25, 0.3) is 5.91 Å². The van der Waals surface area contributed by atoms with E-state index in [4.69, 9.17) is 16.3 Å². The Morgan fingerprint density at radius 3 is 2.59 bits per heavy atom. The monoisotopic (exact) mass is 237 g/mol. The summed E-state index contributed by atoms with van der Waals surface area (Å²) in [5.74, 6) is 5.51. The first-order valence-corrected chi connectivity index (χ1v) is 5.40. The van der Waals surface area contributed by atoms with Crippen molar-refractivity contribution < 1.29 is 9.53 Å². The van der Waals surface area contributed by atoms with Crippen molar-refractivity contribution in [1.82, 2.24) is 5.43 Å². The second-order valence-corrected chi connectivity index (χ2v) is 4.00. The number of methoxy groups -OCH3 is 1. The van der Waals surface area contributed by atoms with Gasteiger partial charge in [0.2, 0.25) is 0 Å². The molecule has 94 valence electrons. The highest BCUT2D eigenvalue weighted by Gasteiger charge is 2.15. The third kappa shape index (κ3) is 2.95. The van der Waals surface area contributed by atoms with E-state index in [1.165, 1.54) is 0 Å². The van der Waals surface area contributed by atoms with Gasteiger partial charge in [-0.05, 0) is 43.0 Å². The molecular weight excluding hydrogens is 218 g/mol. The fourth-order valence-electron chi connectivity index (χ4n) is 1.73. The summed E-state index contributed by atoms with van der Waals surface area (Å²) in [5, 5.41) is 0. The van der Waals surface area contributed by atoms with Crippen molar-refractivity contribution in [2.75, 3.05) is 7.11 Å². The molecule has 0 radical (unpaired) electrons. The molecule has 1 rings (SSSR count). The highest BCUT2D eigenvalue weighted by atomic mass is 16.5. The van der Waals surface area contributed by atoms with Crippen LogP contribution in [-0.4, -0.2) is 19.1 Å². The minimum absolute atomic E-state index is 0.363. The van der Waals surface area contributed by atoms with Gasteiger partial charge in [-0.25, -0.2) is 5.84 Å². The van der Waals surface area contributed by atoms with Crippen LogP contribution in [0.4, 0.5) is 0 Å². The molecule has 5 nitrogen and oxygen atoms in total. The molecule has 0 bridgehead atoms. The lowest BCUT2D eigenvalue weighted by atomic mass is 9.97. The third-order valence-corrected chi connectivity index (χ3v) is 2.99. The van der Waals surface area contributed by atoms with Gasteiger partial charge in [-0.2, -0.15) is 0 Å². The number of carbonyl (C=O) groups excluding carboxylic acids is 1. The Labute approximate surface area is 101 Å². The largest absolute Gasteiger partial charge is 0.496 e. The normalized spacial score (nSPS) is 12.1. The zero-order valence-electron chi connectivity index (χ0n) is 10.4. The second kappa shape index (κ2) is 5.65. The lowest BCUT2D eigenvalue weighted by Crippen LogP contribution is -2.45. The van der Waals surface area contributed by atoms with Crippen LogP contribution in [0.15, 0.2) is 12.1 Å². The number of benzene rings is 1. The van der Waals surface area contributed by atoms with Gasteiger partial charge in [0.1, 0.15) is 5.75 Å². The Balaban J connectivity index is 2.93. The van der Waals surface area contributed by atoms with Crippen molar-refractivity contribution in [1.29, 1.82) is 0 Å². The maximum atomic E-state index is 11.2. The van der Waals surface area contributed by atoms with Crippen LogP contribution in [0.25, 0.3) is 0 Å². The Morgan fingerprint density at radius 1 is 1.41 bits per heavy atom. The molecule has 0 saturated heterocycles. The summed E-state index contributed by atoms with van der Waals surface area (Å²) < 4.78 is 5.22. The van der Waals surface area contributed by atoms with E-state index in [1.54, 1.807) is 7.11 Å². The molecule has 0 aliphatic heterocycles. The molecule has 5 heteroatoms. The number of rotatable bonds is 4. The molecule has 1 atom stereocenters. The van der Waals surface area contributed by atoms with Crippen LogP contribution in [0, 0.1) is 13.8 Å². The quantitative estimate of drug-likeness (QED) is 0.395. The van der Waals surface area contributed by atoms with Gasteiger partial charge in [-0.15, -0.1) is 0 Å². The van der Waals surface area contributed by atoms with Gasteiger partial charge in [-0.3, -0.25) is 10.2 Å². The molecule has 1 unspecified atom stereocenters. The maximum absolute atomic E-state index is 11.2. The number of ether oxygens (including phenoxy) is 1. The van der Waals surface area contributed by atoms with Crippen LogP contribution in [0.1, 0.15) is 16.7 Å². The first-order chi connectivity index (χ1) is 8.01. The van der Waals surface area contributed by atoms with E-state index in [1.807, 2.05) is 26.0 Å². The summed E-state index contributed by atoms with van der Waals surface area (Å²) in [5.41, 5.74) is 11.0. The number of hydrogen-bond acceptors (Lipinski definition) is 4. The van der Waals surface area contributed by atoms with Crippen LogP contribution in [0.5, 0.6) is 5.75 Å². The lowest BCUT2D eigenvalue weighted by Gasteiger charge is -2.15. The van der Waals surface area contributed by atoms with E-state index >= 15 is 0 Å². The summed E-state index contributed by atoms with van der Waals surface area (Å²) in [7, 11) is 1.63. The van der Waals surface area contributed by atoms with Gasteiger partial charge in [0.15, 0.2) is 0 Å². The molecule has 1 amide bonds. The average Bonchev–Trinajstić information content (AvgIpc) is 2.34. The summed E-state index contributed by atoms with van der Waals surface area (Å²) in [6.07, 6.45) is 0.458.